The number of carbonyl (C=O) groups is 2. The largest absolute Gasteiger partial charge is 0.478 e. The first-order chi connectivity index (χ1) is 9.70. The molecule has 7 heteroatoms. The summed E-state index contributed by atoms with van der Waals surface area (Å²) in [5, 5.41) is 11.2. The number of aromatic carboxylic acids is 1. The summed E-state index contributed by atoms with van der Waals surface area (Å²) in [4.78, 5) is 25.8. The number of aromatic nitrogens is 1. The van der Waals surface area contributed by atoms with E-state index in [4.69, 9.17) is 9.84 Å². The minimum absolute atomic E-state index is 0.104. The van der Waals surface area contributed by atoms with E-state index in [0.717, 1.165) is 6.07 Å². The highest BCUT2D eigenvalue weighted by Gasteiger charge is 2.15. The van der Waals surface area contributed by atoms with Gasteiger partial charge in [0.25, 0.3) is 0 Å². The molecule has 0 atom stereocenters. The van der Waals surface area contributed by atoms with Crippen LogP contribution in [0.3, 0.4) is 0 Å². The van der Waals surface area contributed by atoms with E-state index < -0.39 is 29.0 Å². The summed E-state index contributed by atoms with van der Waals surface area (Å²) in [6.45, 7) is 5.31. The van der Waals surface area contributed by atoms with Gasteiger partial charge in [0.1, 0.15) is 5.60 Å². The molecule has 1 aromatic heterocycles. The van der Waals surface area contributed by atoms with Crippen LogP contribution in [0, 0.1) is 5.82 Å². The Bertz CT molecular complexity index is 565. The third kappa shape index (κ3) is 5.60. The van der Waals surface area contributed by atoms with Crippen LogP contribution in [0.25, 0.3) is 6.08 Å². The van der Waals surface area contributed by atoms with E-state index in [1.165, 1.54) is 18.3 Å². The maximum atomic E-state index is 13.7. The molecule has 1 amide bonds. The average Bonchev–Trinajstić information content (AvgIpc) is 2.33. The van der Waals surface area contributed by atoms with Crippen LogP contribution in [0.15, 0.2) is 18.3 Å². The molecule has 21 heavy (non-hydrogen) atoms. The molecular weight excluding hydrogens is 279 g/mol. The average molecular weight is 296 g/mol. The third-order valence-corrected chi connectivity index (χ3v) is 2.19. The number of carbonyl (C=O) groups excluding carboxylic acids is 1. The lowest BCUT2D eigenvalue weighted by Crippen LogP contribution is -2.32. The number of halogens is 1. The summed E-state index contributed by atoms with van der Waals surface area (Å²) in [6, 6.07) is 1.08. The lowest BCUT2D eigenvalue weighted by molar-refractivity contribution is 0.0533. The van der Waals surface area contributed by atoms with Gasteiger partial charge in [-0.25, -0.2) is 14.0 Å². The van der Waals surface area contributed by atoms with E-state index >= 15 is 0 Å². The molecule has 1 heterocycles. The van der Waals surface area contributed by atoms with Gasteiger partial charge < -0.3 is 15.2 Å². The SMILES string of the molecule is CC(C)(C)OC(=O)NCC=Cc1nccc(C(=O)O)c1F. The van der Waals surface area contributed by atoms with Crippen LogP contribution in [-0.4, -0.2) is 34.3 Å². The van der Waals surface area contributed by atoms with Gasteiger partial charge in [0.05, 0.1) is 11.3 Å². The highest BCUT2D eigenvalue weighted by Crippen LogP contribution is 2.11. The van der Waals surface area contributed by atoms with Crippen LogP contribution in [-0.2, 0) is 4.74 Å². The normalized spacial score (nSPS) is 11.4. The van der Waals surface area contributed by atoms with E-state index in [9.17, 15) is 14.0 Å². The fourth-order valence-electron chi connectivity index (χ4n) is 1.37. The minimum Gasteiger partial charge on any atom is -0.478 e. The Morgan fingerprint density at radius 1 is 1.48 bits per heavy atom. The fraction of sp³-hybridized carbons (Fsp3) is 0.357. The predicted molar refractivity (Wildman–Crippen MR) is 74.4 cm³/mol. The Kier molecular flexibility index (Phi) is 5.40. The molecule has 2 N–H and O–H groups in total. The molecule has 0 aliphatic heterocycles. The molecule has 114 valence electrons. The van der Waals surface area contributed by atoms with Crippen molar-refractivity contribution in [1.29, 1.82) is 0 Å². The Hall–Kier alpha value is -2.44. The molecule has 0 bridgehead atoms. The van der Waals surface area contributed by atoms with E-state index in [2.05, 4.69) is 10.3 Å². The molecule has 0 saturated carbocycles. The highest BCUT2D eigenvalue weighted by molar-refractivity contribution is 5.88. The van der Waals surface area contributed by atoms with Gasteiger partial charge in [0.15, 0.2) is 5.82 Å². The second-order valence-corrected chi connectivity index (χ2v) is 5.15. The summed E-state index contributed by atoms with van der Waals surface area (Å²) in [6.07, 6.45) is 3.34. The topological polar surface area (TPSA) is 88.5 Å². The Morgan fingerprint density at radius 2 is 2.14 bits per heavy atom. The zero-order valence-corrected chi connectivity index (χ0v) is 12.0. The first kappa shape index (κ1) is 16.6. The van der Waals surface area contributed by atoms with Crippen LogP contribution in [0.5, 0.6) is 0 Å². The van der Waals surface area contributed by atoms with Crippen molar-refractivity contribution in [3.63, 3.8) is 0 Å². The maximum Gasteiger partial charge on any atom is 0.407 e. The van der Waals surface area contributed by atoms with Crippen molar-refractivity contribution < 1.29 is 23.8 Å². The number of ether oxygens (including phenoxy) is 1. The van der Waals surface area contributed by atoms with Crippen LogP contribution < -0.4 is 5.32 Å². The molecule has 0 fully saturated rings. The summed E-state index contributed by atoms with van der Waals surface area (Å²) in [5.74, 6) is -2.28. The molecule has 1 aromatic rings. The Morgan fingerprint density at radius 3 is 2.71 bits per heavy atom. The molecule has 0 aromatic carbocycles. The van der Waals surface area contributed by atoms with Crippen molar-refractivity contribution in [1.82, 2.24) is 10.3 Å². The number of hydrogen-bond donors (Lipinski definition) is 2. The minimum atomic E-state index is -1.36. The number of alkyl carbamates (subject to hydrolysis) is 1. The van der Waals surface area contributed by atoms with Crippen LogP contribution in [0.4, 0.5) is 9.18 Å². The van der Waals surface area contributed by atoms with Crippen LogP contribution in [0.1, 0.15) is 36.8 Å². The molecule has 0 unspecified atom stereocenters. The smallest absolute Gasteiger partial charge is 0.407 e. The van der Waals surface area contributed by atoms with Crippen LogP contribution in [0.2, 0.25) is 0 Å². The van der Waals surface area contributed by atoms with E-state index in [-0.39, 0.29) is 12.2 Å². The Labute approximate surface area is 121 Å². The monoisotopic (exact) mass is 296 g/mol. The lowest BCUT2D eigenvalue weighted by Gasteiger charge is -2.19. The highest BCUT2D eigenvalue weighted by atomic mass is 19.1. The molecule has 0 radical (unpaired) electrons. The predicted octanol–water partition coefficient (Wildman–Crippen LogP) is 2.46. The fourth-order valence-corrected chi connectivity index (χ4v) is 1.37. The zero-order chi connectivity index (χ0) is 16.0. The third-order valence-electron chi connectivity index (χ3n) is 2.19. The van der Waals surface area contributed by atoms with Crippen molar-refractivity contribution in [3.05, 3.63) is 35.4 Å². The molecule has 6 nitrogen and oxygen atoms in total. The summed E-state index contributed by atoms with van der Waals surface area (Å²) < 4.78 is 18.7. The van der Waals surface area contributed by atoms with Gasteiger partial charge in [0, 0.05) is 12.7 Å². The molecule has 0 saturated heterocycles. The number of nitrogens with one attached hydrogen (secondary N) is 1. The van der Waals surface area contributed by atoms with E-state index in [1.807, 2.05) is 0 Å². The van der Waals surface area contributed by atoms with Gasteiger partial charge in [-0.1, -0.05) is 6.08 Å². The first-order valence-electron chi connectivity index (χ1n) is 6.22. The second kappa shape index (κ2) is 6.83. The second-order valence-electron chi connectivity index (χ2n) is 5.15. The maximum absolute atomic E-state index is 13.7. The van der Waals surface area contributed by atoms with Crippen molar-refractivity contribution in [3.8, 4) is 0 Å². The Balaban J connectivity index is 2.61. The number of carboxylic acid groups (broad SMARTS) is 1. The van der Waals surface area contributed by atoms with Gasteiger partial charge in [-0.15, -0.1) is 0 Å². The van der Waals surface area contributed by atoms with Gasteiger partial charge in [-0.05, 0) is 32.9 Å². The number of pyridine rings is 1. The number of hydrogen-bond acceptors (Lipinski definition) is 4. The van der Waals surface area contributed by atoms with Crippen molar-refractivity contribution >= 4 is 18.1 Å². The number of nitrogens with zero attached hydrogens (tertiary/aromatic N) is 1. The standard InChI is InChI=1S/C14H17FN2O4/c1-14(2,3)21-13(20)17-7-4-5-10-11(15)9(12(18)19)6-8-16-10/h4-6,8H,7H2,1-3H3,(H,17,20)(H,18,19). The van der Waals surface area contributed by atoms with Crippen molar-refractivity contribution in [2.75, 3.05) is 6.54 Å². The molecule has 0 spiro atoms. The number of amides is 1. The van der Waals surface area contributed by atoms with Crippen LogP contribution >= 0.6 is 0 Å². The van der Waals surface area contributed by atoms with E-state index in [0.29, 0.717) is 0 Å². The number of carboxylic acids is 1. The van der Waals surface area contributed by atoms with Gasteiger partial charge >= 0.3 is 12.1 Å². The molecule has 0 aliphatic carbocycles. The molecule has 1 rings (SSSR count). The quantitative estimate of drug-likeness (QED) is 0.891. The molecular formula is C14H17FN2O4. The summed E-state index contributed by atoms with van der Waals surface area (Å²) >= 11 is 0. The first-order valence-corrected chi connectivity index (χ1v) is 6.22. The zero-order valence-electron chi connectivity index (χ0n) is 12.0. The van der Waals surface area contributed by atoms with Crippen molar-refractivity contribution in [2.45, 2.75) is 26.4 Å². The molecule has 0 aliphatic rings. The number of rotatable bonds is 4. The van der Waals surface area contributed by atoms with E-state index in [1.54, 1.807) is 20.8 Å². The van der Waals surface area contributed by atoms with Gasteiger partial charge in [-0.2, -0.15) is 0 Å². The van der Waals surface area contributed by atoms with Gasteiger partial charge in [0.2, 0.25) is 0 Å². The lowest BCUT2D eigenvalue weighted by atomic mass is 10.2. The van der Waals surface area contributed by atoms with Gasteiger partial charge in [-0.3, -0.25) is 4.98 Å². The summed E-state index contributed by atoms with van der Waals surface area (Å²) in [7, 11) is 0. The summed E-state index contributed by atoms with van der Waals surface area (Å²) in [5.41, 5.74) is -1.16. The van der Waals surface area contributed by atoms with Crippen molar-refractivity contribution in [2.24, 2.45) is 0 Å².